The molecule has 0 fully saturated rings. The summed E-state index contributed by atoms with van der Waals surface area (Å²) in [6, 6.07) is -0.855. The van der Waals surface area contributed by atoms with Crippen LogP contribution in [-0.4, -0.2) is 55.4 Å². The van der Waals surface area contributed by atoms with E-state index in [0.717, 1.165) is 0 Å². The third kappa shape index (κ3) is 5.69. The van der Waals surface area contributed by atoms with Gasteiger partial charge in [0, 0.05) is 26.7 Å². The summed E-state index contributed by atoms with van der Waals surface area (Å²) in [7, 11) is 1.60. The van der Waals surface area contributed by atoms with E-state index in [1.54, 1.807) is 13.2 Å². The quantitative estimate of drug-likeness (QED) is 0.520. The molecule has 0 aromatic rings. The Labute approximate surface area is 84.1 Å². The van der Waals surface area contributed by atoms with Crippen LogP contribution >= 0.6 is 0 Å². The second kappa shape index (κ2) is 7.49. The molecule has 0 bridgehead atoms. The van der Waals surface area contributed by atoms with Crippen molar-refractivity contribution in [3.63, 3.8) is 0 Å². The Morgan fingerprint density at radius 3 is 2.86 bits per heavy atom. The van der Waals surface area contributed by atoms with Crippen LogP contribution < -0.4 is 5.73 Å². The molecule has 0 spiro atoms. The molecule has 0 aliphatic carbocycles. The molecular formula is C9H18N2O3. The van der Waals surface area contributed by atoms with E-state index in [9.17, 15) is 4.79 Å². The van der Waals surface area contributed by atoms with Crippen molar-refractivity contribution in [2.45, 2.75) is 6.04 Å². The van der Waals surface area contributed by atoms with E-state index < -0.39 is 12.0 Å². The first-order chi connectivity index (χ1) is 6.61. The van der Waals surface area contributed by atoms with Crippen LogP contribution in [0.2, 0.25) is 0 Å². The topological polar surface area (TPSA) is 75.8 Å². The number of nitrogens with zero attached hydrogens (tertiary/aromatic N) is 1. The monoisotopic (exact) mass is 202 g/mol. The third-order valence-electron chi connectivity index (χ3n) is 1.77. The summed E-state index contributed by atoms with van der Waals surface area (Å²) in [6.45, 7) is 5.73. The van der Waals surface area contributed by atoms with Crippen molar-refractivity contribution in [1.29, 1.82) is 0 Å². The second-order valence-corrected chi connectivity index (χ2v) is 2.99. The number of nitrogens with two attached hydrogens (primary N) is 1. The van der Waals surface area contributed by atoms with E-state index >= 15 is 0 Å². The largest absolute Gasteiger partial charge is 0.480 e. The fourth-order valence-electron chi connectivity index (χ4n) is 1.02. The Kier molecular flexibility index (Phi) is 7.00. The second-order valence-electron chi connectivity index (χ2n) is 2.99. The summed E-state index contributed by atoms with van der Waals surface area (Å²) >= 11 is 0. The van der Waals surface area contributed by atoms with E-state index in [2.05, 4.69) is 6.58 Å². The molecule has 1 atom stereocenters. The van der Waals surface area contributed by atoms with Gasteiger partial charge in [-0.05, 0) is 0 Å². The number of hydrogen-bond acceptors (Lipinski definition) is 4. The van der Waals surface area contributed by atoms with Gasteiger partial charge in [0.25, 0.3) is 0 Å². The number of ether oxygens (including phenoxy) is 1. The van der Waals surface area contributed by atoms with Crippen molar-refractivity contribution >= 4 is 5.97 Å². The highest BCUT2D eigenvalue weighted by atomic mass is 16.5. The van der Waals surface area contributed by atoms with Gasteiger partial charge < -0.3 is 15.6 Å². The van der Waals surface area contributed by atoms with Gasteiger partial charge in [-0.25, -0.2) is 0 Å². The van der Waals surface area contributed by atoms with Crippen LogP contribution in [0.4, 0.5) is 0 Å². The van der Waals surface area contributed by atoms with Gasteiger partial charge in [0.05, 0.1) is 6.61 Å². The molecule has 0 radical (unpaired) electrons. The van der Waals surface area contributed by atoms with Crippen LogP contribution in [0.1, 0.15) is 0 Å². The minimum atomic E-state index is -0.989. The van der Waals surface area contributed by atoms with Gasteiger partial charge in [-0.1, -0.05) is 6.08 Å². The summed E-state index contributed by atoms with van der Waals surface area (Å²) in [6.07, 6.45) is 1.71. The first-order valence-corrected chi connectivity index (χ1v) is 4.42. The molecule has 82 valence electrons. The van der Waals surface area contributed by atoms with Crippen LogP contribution in [0.5, 0.6) is 0 Å². The fraction of sp³-hybridized carbons (Fsp3) is 0.667. The maximum Gasteiger partial charge on any atom is 0.321 e. The minimum absolute atomic E-state index is 0.310. The number of carbonyl (C=O) groups is 1. The van der Waals surface area contributed by atoms with Gasteiger partial charge in [0.2, 0.25) is 0 Å². The first kappa shape index (κ1) is 13.1. The Morgan fingerprint density at radius 2 is 2.43 bits per heavy atom. The van der Waals surface area contributed by atoms with Crippen molar-refractivity contribution in [1.82, 2.24) is 4.90 Å². The lowest BCUT2D eigenvalue weighted by atomic mass is 10.3. The third-order valence-corrected chi connectivity index (χ3v) is 1.77. The molecule has 0 saturated carbocycles. The minimum Gasteiger partial charge on any atom is -0.480 e. The number of rotatable bonds is 8. The van der Waals surface area contributed by atoms with Crippen LogP contribution in [0.3, 0.4) is 0 Å². The Balaban J connectivity index is 3.93. The molecule has 5 nitrogen and oxygen atoms in total. The van der Waals surface area contributed by atoms with E-state index in [4.69, 9.17) is 15.6 Å². The Hall–Kier alpha value is -0.910. The molecule has 0 aromatic carbocycles. The number of carboxylic acid groups (broad SMARTS) is 1. The Bertz CT molecular complexity index is 185. The number of hydrogen-bond donors (Lipinski definition) is 2. The zero-order valence-corrected chi connectivity index (χ0v) is 8.48. The molecule has 0 saturated heterocycles. The van der Waals surface area contributed by atoms with Gasteiger partial charge in [-0.3, -0.25) is 9.69 Å². The zero-order chi connectivity index (χ0) is 11.0. The molecule has 3 N–H and O–H groups in total. The zero-order valence-electron chi connectivity index (χ0n) is 8.48. The van der Waals surface area contributed by atoms with Crippen LogP contribution in [0.25, 0.3) is 0 Å². The predicted octanol–water partition coefficient (Wildman–Crippen LogP) is -0.467. The van der Waals surface area contributed by atoms with Gasteiger partial charge in [-0.15, -0.1) is 6.58 Å². The van der Waals surface area contributed by atoms with Gasteiger partial charge in [0.1, 0.15) is 6.04 Å². The average Bonchev–Trinajstić information content (AvgIpc) is 2.14. The lowest BCUT2D eigenvalue weighted by Gasteiger charge is -2.21. The first-order valence-electron chi connectivity index (χ1n) is 4.42. The average molecular weight is 202 g/mol. The Morgan fingerprint density at radius 1 is 1.79 bits per heavy atom. The lowest BCUT2D eigenvalue weighted by molar-refractivity contribution is -0.139. The molecule has 0 aromatic heterocycles. The summed E-state index contributed by atoms with van der Waals surface area (Å²) in [5.41, 5.74) is 5.40. The number of aliphatic carboxylic acids is 1. The molecule has 0 heterocycles. The van der Waals surface area contributed by atoms with E-state index in [1.807, 2.05) is 4.90 Å². The summed E-state index contributed by atoms with van der Waals surface area (Å²) in [5.74, 6) is -0.989. The van der Waals surface area contributed by atoms with Crippen LogP contribution in [-0.2, 0) is 9.53 Å². The fourth-order valence-corrected chi connectivity index (χ4v) is 1.02. The summed E-state index contributed by atoms with van der Waals surface area (Å²) < 4.78 is 4.90. The molecule has 0 aliphatic heterocycles. The highest BCUT2D eigenvalue weighted by Crippen LogP contribution is 1.92. The molecule has 5 heteroatoms. The number of methoxy groups -OCH3 is 1. The maximum atomic E-state index is 10.5. The van der Waals surface area contributed by atoms with Crippen molar-refractivity contribution in [2.75, 3.05) is 33.4 Å². The highest BCUT2D eigenvalue weighted by Gasteiger charge is 2.15. The smallest absolute Gasteiger partial charge is 0.321 e. The molecule has 0 amide bonds. The standard InChI is InChI=1S/C9H18N2O3/c1-3-4-11(5-6-14-2)7-8(10)9(12)13/h3,8H,1,4-7,10H2,2H3,(H,12,13). The molecule has 1 unspecified atom stereocenters. The van der Waals surface area contributed by atoms with Gasteiger partial charge in [0.15, 0.2) is 0 Å². The van der Waals surface area contributed by atoms with E-state index in [1.165, 1.54) is 0 Å². The SMILES string of the molecule is C=CCN(CCOC)CC(N)C(=O)O. The normalized spacial score (nSPS) is 12.8. The van der Waals surface area contributed by atoms with E-state index in [0.29, 0.717) is 26.2 Å². The summed E-state index contributed by atoms with van der Waals surface area (Å²) in [4.78, 5) is 12.4. The maximum absolute atomic E-state index is 10.5. The molecular weight excluding hydrogens is 184 g/mol. The van der Waals surface area contributed by atoms with Gasteiger partial charge in [-0.2, -0.15) is 0 Å². The van der Waals surface area contributed by atoms with Gasteiger partial charge >= 0.3 is 5.97 Å². The van der Waals surface area contributed by atoms with Crippen molar-refractivity contribution in [3.05, 3.63) is 12.7 Å². The molecule has 0 rings (SSSR count). The van der Waals surface area contributed by atoms with Crippen molar-refractivity contribution < 1.29 is 14.6 Å². The van der Waals surface area contributed by atoms with Crippen molar-refractivity contribution in [3.8, 4) is 0 Å². The lowest BCUT2D eigenvalue weighted by Crippen LogP contribution is -2.43. The van der Waals surface area contributed by atoms with Crippen LogP contribution in [0, 0.1) is 0 Å². The van der Waals surface area contributed by atoms with Crippen LogP contribution in [0.15, 0.2) is 12.7 Å². The molecule has 0 aliphatic rings. The summed E-state index contributed by atoms with van der Waals surface area (Å²) in [5, 5.41) is 8.62. The predicted molar refractivity (Wildman–Crippen MR) is 54.1 cm³/mol. The number of carboxylic acids is 1. The molecule has 14 heavy (non-hydrogen) atoms. The van der Waals surface area contributed by atoms with Crippen molar-refractivity contribution in [2.24, 2.45) is 5.73 Å². The van der Waals surface area contributed by atoms with E-state index in [-0.39, 0.29) is 0 Å². The highest BCUT2D eigenvalue weighted by molar-refractivity contribution is 5.73.